The van der Waals surface area contributed by atoms with Gasteiger partial charge in [0.2, 0.25) is 0 Å². The Balaban J connectivity index is 3.28. The molecule has 0 aliphatic rings. The summed E-state index contributed by atoms with van der Waals surface area (Å²) in [5.74, 6) is 0. The largest absolute Gasteiger partial charge is 0.254 e. The monoisotopic (exact) mass is 259 g/mol. The molecule has 0 saturated carbocycles. The first-order valence-electron chi connectivity index (χ1n) is 4.26. The molecule has 0 fully saturated rings. The van der Waals surface area contributed by atoms with Crippen LogP contribution in [-0.2, 0) is 10.0 Å². The summed E-state index contributed by atoms with van der Waals surface area (Å²) >= 11 is 5.77. The lowest BCUT2D eigenvalue weighted by atomic mass is 10.2. The van der Waals surface area contributed by atoms with Gasteiger partial charge in [0.15, 0.2) is 0 Å². The van der Waals surface area contributed by atoms with Gasteiger partial charge in [-0.15, -0.1) is 4.83 Å². The predicted molar refractivity (Wildman–Crippen MR) is 60.2 cm³/mol. The van der Waals surface area contributed by atoms with Crippen LogP contribution in [0.2, 0.25) is 5.02 Å². The quantitative estimate of drug-likeness (QED) is 0.821. The minimum atomic E-state index is -3.73. The van der Waals surface area contributed by atoms with E-state index in [2.05, 4.69) is 4.83 Å². The zero-order valence-electron chi connectivity index (χ0n) is 8.73. The fraction of sp³-hybridized carbons (Fsp3) is 0.222. The number of rotatable bonds is 3. The van der Waals surface area contributed by atoms with Gasteiger partial charge >= 0.3 is 0 Å². The number of nitrogens with one attached hydrogen (secondary N) is 1. The van der Waals surface area contributed by atoms with Gasteiger partial charge in [0.05, 0.1) is 16.7 Å². The van der Waals surface area contributed by atoms with E-state index in [1.54, 1.807) is 14.1 Å². The van der Waals surface area contributed by atoms with Gasteiger partial charge in [-0.05, 0) is 18.2 Å². The van der Waals surface area contributed by atoms with Gasteiger partial charge in [0.25, 0.3) is 10.0 Å². The zero-order chi connectivity index (χ0) is 12.3. The van der Waals surface area contributed by atoms with Crippen LogP contribution < -0.4 is 4.83 Å². The van der Waals surface area contributed by atoms with E-state index in [9.17, 15) is 8.42 Å². The van der Waals surface area contributed by atoms with Gasteiger partial charge in [-0.1, -0.05) is 11.6 Å². The second kappa shape index (κ2) is 4.80. The lowest BCUT2D eigenvalue weighted by Gasteiger charge is -2.13. The number of nitrogens with zero attached hydrogens (tertiary/aromatic N) is 2. The molecule has 7 heteroatoms. The molecule has 0 atom stereocenters. The molecule has 16 heavy (non-hydrogen) atoms. The van der Waals surface area contributed by atoms with Crippen molar-refractivity contribution >= 4 is 21.6 Å². The number of nitriles is 1. The third-order valence-electron chi connectivity index (χ3n) is 1.65. The van der Waals surface area contributed by atoms with Crippen molar-refractivity contribution in [2.75, 3.05) is 14.1 Å². The average molecular weight is 260 g/mol. The maximum Gasteiger partial charge on any atom is 0.254 e. The highest BCUT2D eigenvalue weighted by atomic mass is 35.5. The lowest BCUT2D eigenvalue weighted by molar-refractivity contribution is 0.364. The molecule has 0 heterocycles. The highest BCUT2D eigenvalue weighted by Crippen LogP contribution is 2.22. The van der Waals surface area contributed by atoms with Crippen LogP contribution >= 0.6 is 11.6 Å². The first-order chi connectivity index (χ1) is 7.36. The SMILES string of the molecule is CN(C)NS(=O)(=O)c1cc(C#N)ccc1Cl. The fourth-order valence-electron chi connectivity index (χ4n) is 1.07. The summed E-state index contributed by atoms with van der Waals surface area (Å²) in [6.07, 6.45) is 0. The molecule has 0 bridgehead atoms. The van der Waals surface area contributed by atoms with Crippen LogP contribution in [0.25, 0.3) is 0 Å². The Morgan fingerprint density at radius 3 is 2.56 bits per heavy atom. The van der Waals surface area contributed by atoms with Crippen molar-refractivity contribution in [3.8, 4) is 6.07 Å². The van der Waals surface area contributed by atoms with E-state index in [1.165, 1.54) is 23.2 Å². The molecular formula is C9H10ClN3O2S. The van der Waals surface area contributed by atoms with Gasteiger partial charge in [-0.25, -0.2) is 13.4 Å². The molecule has 0 saturated heterocycles. The van der Waals surface area contributed by atoms with E-state index < -0.39 is 10.0 Å². The molecular weight excluding hydrogens is 250 g/mol. The third kappa shape index (κ3) is 2.93. The van der Waals surface area contributed by atoms with Crippen molar-refractivity contribution < 1.29 is 8.42 Å². The summed E-state index contributed by atoms with van der Waals surface area (Å²) < 4.78 is 23.6. The number of hydrazine groups is 1. The van der Waals surface area contributed by atoms with Crippen molar-refractivity contribution in [3.63, 3.8) is 0 Å². The molecule has 1 aromatic carbocycles. The smallest absolute Gasteiger partial charge is 0.237 e. The van der Waals surface area contributed by atoms with Crippen molar-refractivity contribution in [2.24, 2.45) is 0 Å². The molecule has 5 nitrogen and oxygen atoms in total. The van der Waals surface area contributed by atoms with Crippen LogP contribution in [0.5, 0.6) is 0 Å². The van der Waals surface area contributed by atoms with Crippen LogP contribution in [-0.4, -0.2) is 27.5 Å². The molecule has 1 N–H and O–H groups in total. The second-order valence-corrected chi connectivity index (χ2v) is 5.28. The van der Waals surface area contributed by atoms with E-state index in [4.69, 9.17) is 16.9 Å². The molecule has 0 unspecified atom stereocenters. The van der Waals surface area contributed by atoms with Crippen molar-refractivity contribution in [3.05, 3.63) is 28.8 Å². The number of halogens is 1. The number of hydrogen-bond donors (Lipinski definition) is 1. The maximum atomic E-state index is 11.8. The topological polar surface area (TPSA) is 73.2 Å². The summed E-state index contributed by atoms with van der Waals surface area (Å²) in [5.41, 5.74) is 0.239. The van der Waals surface area contributed by atoms with Crippen LogP contribution in [0.3, 0.4) is 0 Å². The number of hydrogen-bond acceptors (Lipinski definition) is 4. The molecule has 1 aromatic rings. The van der Waals surface area contributed by atoms with Crippen molar-refractivity contribution in [2.45, 2.75) is 4.90 Å². The molecule has 86 valence electrons. The predicted octanol–water partition coefficient (Wildman–Crippen LogP) is 0.967. The summed E-state index contributed by atoms with van der Waals surface area (Å²) in [7, 11) is -0.647. The van der Waals surface area contributed by atoms with Gasteiger partial charge in [-0.2, -0.15) is 5.26 Å². The van der Waals surface area contributed by atoms with Gasteiger partial charge in [0.1, 0.15) is 4.90 Å². The lowest BCUT2D eigenvalue weighted by Crippen LogP contribution is -2.36. The Kier molecular flexibility index (Phi) is 3.88. The highest BCUT2D eigenvalue weighted by molar-refractivity contribution is 7.89. The van der Waals surface area contributed by atoms with E-state index in [0.29, 0.717) is 0 Å². The van der Waals surface area contributed by atoms with Gasteiger partial charge < -0.3 is 0 Å². The summed E-state index contributed by atoms with van der Waals surface area (Å²) in [5, 5.41) is 10.0. The van der Waals surface area contributed by atoms with Crippen molar-refractivity contribution in [1.82, 2.24) is 9.84 Å². The van der Waals surface area contributed by atoms with Crippen LogP contribution in [0.4, 0.5) is 0 Å². The van der Waals surface area contributed by atoms with Crippen LogP contribution in [0.1, 0.15) is 5.56 Å². The first kappa shape index (κ1) is 12.9. The fourth-order valence-corrected chi connectivity index (χ4v) is 2.68. The van der Waals surface area contributed by atoms with Crippen LogP contribution in [0.15, 0.2) is 23.1 Å². The molecule has 0 spiro atoms. The normalized spacial score (nSPS) is 11.4. The van der Waals surface area contributed by atoms with Crippen molar-refractivity contribution in [1.29, 1.82) is 5.26 Å². The molecule has 1 rings (SSSR count). The van der Waals surface area contributed by atoms with Gasteiger partial charge in [0, 0.05) is 14.1 Å². The third-order valence-corrected chi connectivity index (χ3v) is 3.62. The van der Waals surface area contributed by atoms with E-state index in [0.717, 1.165) is 0 Å². The maximum absolute atomic E-state index is 11.8. The Morgan fingerprint density at radius 2 is 2.06 bits per heavy atom. The Bertz CT molecular complexity index is 534. The van der Waals surface area contributed by atoms with Crippen LogP contribution in [0, 0.1) is 11.3 Å². The first-order valence-corrected chi connectivity index (χ1v) is 6.12. The zero-order valence-corrected chi connectivity index (χ0v) is 10.3. The Morgan fingerprint density at radius 1 is 1.44 bits per heavy atom. The number of sulfonamides is 1. The molecule has 0 amide bonds. The standard InChI is InChI=1S/C9H10ClN3O2S/c1-13(2)12-16(14,15)9-5-7(6-11)3-4-8(9)10/h3-5,12H,1-2H3. The van der Waals surface area contributed by atoms with Gasteiger partial charge in [-0.3, -0.25) is 0 Å². The minimum Gasteiger partial charge on any atom is -0.237 e. The summed E-state index contributed by atoms with van der Waals surface area (Å²) in [4.78, 5) is 2.13. The summed E-state index contributed by atoms with van der Waals surface area (Å²) in [6, 6.07) is 5.92. The highest BCUT2D eigenvalue weighted by Gasteiger charge is 2.19. The van der Waals surface area contributed by atoms with E-state index in [1.807, 2.05) is 6.07 Å². The molecule has 0 aliphatic heterocycles. The van der Waals surface area contributed by atoms with E-state index >= 15 is 0 Å². The number of benzene rings is 1. The Labute approximate surface area is 99.3 Å². The molecule has 0 aromatic heterocycles. The molecule has 0 aliphatic carbocycles. The average Bonchev–Trinajstić information content (AvgIpc) is 2.16. The van der Waals surface area contributed by atoms with E-state index in [-0.39, 0.29) is 15.5 Å². The second-order valence-electron chi connectivity index (χ2n) is 3.25. The molecule has 0 radical (unpaired) electrons. The summed E-state index contributed by atoms with van der Waals surface area (Å²) in [6.45, 7) is 0. The minimum absolute atomic E-state index is 0.0772. The Hall–Kier alpha value is -1.13.